The molecule has 16 heavy (non-hydrogen) atoms. The van der Waals surface area contributed by atoms with Crippen molar-refractivity contribution < 1.29 is 0 Å². The van der Waals surface area contributed by atoms with Gasteiger partial charge in [-0.3, -0.25) is 0 Å². The Labute approximate surface area is 104 Å². The first-order valence-corrected chi connectivity index (χ1v) is 7.27. The first-order chi connectivity index (χ1) is 7.66. The molecule has 0 spiro atoms. The maximum atomic E-state index is 2.33. The van der Waals surface area contributed by atoms with Crippen LogP contribution in [0.2, 0.25) is 0 Å². The van der Waals surface area contributed by atoms with Gasteiger partial charge in [0.25, 0.3) is 0 Å². The lowest BCUT2D eigenvalue weighted by molar-refractivity contribution is 0.397. The average molecular weight is 227 g/mol. The van der Waals surface area contributed by atoms with Gasteiger partial charge in [0.15, 0.2) is 0 Å². The van der Waals surface area contributed by atoms with Crippen LogP contribution in [0.3, 0.4) is 0 Å². The molecule has 0 heterocycles. The molecule has 0 aromatic heterocycles. The molecule has 0 atom stereocenters. The molecule has 0 aromatic carbocycles. The number of hydrogen-bond donors (Lipinski definition) is 0. The SMILES string of the molecule is CCCC1CCCCCCCC1.CN(C)C. The van der Waals surface area contributed by atoms with E-state index in [0.29, 0.717) is 0 Å². The van der Waals surface area contributed by atoms with Gasteiger partial charge in [-0.2, -0.15) is 0 Å². The Bertz CT molecular complexity index is 119. The van der Waals surface area contributed by atoms with E-state index < -0.39 is 0 Å². The highest BCUT2D eigenvalue weighted by Crippen LogP contribution is 2.24. The lowest BCUT2D eigenvalue weighted by Gasteiger charge is -2.13. The van der Waals surface area contributed by atoms with Crippen molar-refractivity contribution >= 4 is 0 Å². The highest BCUT2D eigenvalue weighted by atomic mass is 15.0. The lowest BCUT2D eigenvalue weighted by atomic mass is 9.93. The normalized spacial score (nSPS) is 19.3. The fourth-order valence-electron chi connectivity index (χ4n) is 2.41. The summed E-state index contributed by atoms with van der Waals surface area (Å²) in [7, 11) is 6.00. The largest absolute Gasteiger partial charge is 0.312 e. The topological polar surface area (TPSA) is 3.24 Å². The van der Waals surface area contributed by atoms with Crippen LogP contribution in [0.25, 0.3) is 0 Å². The van der Waals surface area contributed by atoms with Crippen LogP contribution >= 0.6 is 0 Å². The molecule has 0 radical (unpaired) electrons. The van der Waals surface area contributed by atoms with Gasteiger partial charge in [0.1, 0.15) is 0 Å². The van der Waals surface area contributed by atoms with Crippen molar-refractivity contribution in [3.05, 3.63) is 0 Å². The number of rotatable bonds is 2. The maximum Gasteiger partial charge on any atom is -0.0140 e. The quantitative estimate of drug-likeness (QED) is 0.660. The minimum Gasteiger partial charge on any atom is -0.312 e. The summed E-state index contributed by atoms with van der Waals surface area (Å²) in [4.78, 5) is 2.00. The van der Waals surface area contributed by atoms with Crippen molar-refractivity contribution in [3.63, 3.8) is 0 Å². The number of nitrogens with zero attached hydrogens (tertiary/aromatic N) is 1. The van der Waals surface area contributed by atoms with Crippen LogP contribution in [0.4, 0.5) is 0 Å². The van der Waals surface area contributed by atoms with E-state index in [1.165, 1.54) is 64.2 Å². The van der Waals surface area contributed by atoms with E-state index in [4.69, 9.17) is 0 Å². The van der Waals surface area contributed by atoms with E-state index in [-0.39, 0.29) is 0 Å². The molecule has 0 unspecified atom stereocenters. The molecule has 1 aliphatic carbocycles. The van der Waals surface area contributed by atoms with Gasteiger partial charge in [0, 0.05) is 0 Å². The highest BCUT2D eigenvalue weighted by Gasteiger charge is 2.08. The molecule has 1 rings (SSSR count). The highest BCUT2D eigenvalue weighted by molar-refractivity contribution is 4.62. The van der Waals surface area contributed by atoms with Gasteiger partial charge in [-0.15, -0.1) is 0 Å². The number of hydrogen-bond acceptors (Lipinski definition) is 1. The van der Waals surface area contributed by atoms with Gasteiger partial charge in [-0.05, 0) is 27.1 Å². The summed E-state index contributed by atoms with van der Waals surface area (Å²) in [6.07, 6.45) is 14.9. The Morgan fingerprint density at radius 1 is 0.812 bits per heavy atom. The summed E-state index contributed by atoms with van der Waals surface area (Å²) in [6.45, 7) is 2.33. The molecule has 98 valence electrons. The zero-order valence-electron chi connectivity index (χ0n) is 12.1. The van der Waals surface area contributed by atoms with E-state index in [2.05, 4.69) is 6.92 Å². The predicted octanol–water partition coefficient (Wildman–Crippen LogP) is 4.71. The molecular weight excluding hydrogens is 194 g/mol. The first-order valence-electron chi connectivity index (χ1n) is 7.27. The van der Waals surface area contributed by atoms with Crippen molar-refractivity contribution in [3.8, 4) is 0 Å². The third-order valence-electron chi connectivity index (χ3n) is 3.17. The second-order valence-electron chi connectivity index (χ2n) is 5.70. The Balaban J connectivity index is 0.000000487. The first kappa shape index (κ1) is 16.0. The van der Waals surface area contributed by atoms with Crippen LogP contribution in [0.1, 0.15) is 71.1 Å². The molecule has 1 nitrogen and oxygen atoms in total. The van der Waals surface area contributed by atoms with E-state index >= 15 is 0 Å². The molecule has 0 bridgehead atoms. The fourth-order valence-corrected chi connectivity index (χ4v) is 2.41. The average Bonchev–Trinajstić information content (AvgIpc) is 2.31. The van der Waals surface area contributed by atoms with Gasteiger partial charge in [-0.1, -0.05) is 71.1 Å². The van der Waals surface area contributed by atoms with Crippen LogP contribution in [0.5, 0.6) is 0 Å². The smallest absolute Gasteiger partial charge is 0.0140 e. The summed E-state index contributed by atoms with van der Waals surface area (Å²) in [5.74, 6) is 1.08. The van der Waals surface area contributed by atoms with Gasteiger partial charge in [0.2, 0.25) is 0 Å². The van der Waals surface area contributed by atoms with Crippen molar-refractivity contribution in [1.29, 1.82) is 0 Å². The minimum absolute atomic E-state index is 1.08. The van der Waals surface area contributed by atoms with Crippen molar-refractivity contribution in [2.75, 3.05) is 21.1 Å². The second-order valence-corrected chi connectivity index (χ2v) is 5.70. The Hall–Kier alpha value is -0.0400. The van der Waals surface area contributed by atoms with Crippen molar-refractivity contribution in [2.24, 2.45) is 5.92 Å². The van der Waals surface area contributed by atoms with Gasteiger partial charge in [0.05, 0.1) is 0 Å². The van der Waals surface area contributed by atoms with Crippen LogP contribution in [0.15, 0.2) is 0 Å². The Morgan fingerprint density at radius 2 is 1.19 bits per heavy atom. The Morgan fingerprint density at radius 3 is 1.56 bits per heavy atom. The molecule has 1 saturated carbocycles. The second kappa shape index (κ2) is 11.4. The van der Waals surface area contributed by atoms with Crippen LogP contribution in [0, 0.1) is 5.92 Å². The molecule has 1 aliphatic rings. The zero-order valence-corrected chi connectivity index (χ0v) is 12.1. The van der Waals surface area contributed by atoms with E-state index in [0.717, 1.165) is 5.92 Å². The molecule has 0 amide bonds. The zero-order chi connectivity index (χ0) is 12.2. The van der Waals surface area contributed by atoms with E-state index in [9.17, 15) is 0 Å². The van der Waals surface area contributed by atoms with Gasteiger partial charge >= 0.3 is 0 Å². The monoisotopic (exact) mass is 227 g/mol. The molecule has 0 saturated heterocycles. The summed E-state index contributed by atoms with van der Waals surface area (Å²) in [5.41, 5.74) is 0. The summed E-state index contributed by atoms with van der Waals surface area (Å²) in [5, 5.41) is 0. The summed E-state index contributed by atoms with van der Waals surface area (Å²) < 4.78 is 0. The minimum atomic E-state index is 1.08. The standard InChI is InChI=1S/C12H24.C3H9N/c1-2-9-12-10-7-5-3-4-6-8-11-12;1-4(2)3/h12H,2-11H2,1H3;1-3H3. The third-order valence-corrected chi connectivity index (χ3v) is 3.17. The van der Waals surface area contributed by atoms with Crippen LogP contribution in [-0.2, 0) is 0 Å². The Kier molecular flexibility index (Phi) is 11.4. The van der Waals surface area contributed by atoms with Gasteiger partial charge < -0.3 is 4.90 Å². The molecule has 0 aliphatic heterocycles. The maximum absolute atomic E-state index is 2.33. The fraction of sp³-hybridized carbons (Fsp3) is 1.00. The van der Waals surface area contributed by atoms with Crippen molar-refractivity contribution in [1.82, 2.24) is 4.90 Å². The molecule has 1 fully saturated rings. The van der Waals surface area contributed by atoms with E-state index in [1.807, 2.05) is 26.0 Å². The van der Waals surface area contributed by atoms with Crippen LogP contribution in [-0.4, -0.2) is 26.0 Å². The van der Waals surface area contributed by atoms with Crippen LogP contribution < -0.4 is 0 Å². The molecule has 1 heteroatoms. The molecule has 0 aromatic rings. The lowest BCUT2D eigenvalue weighted by Crippen LogP contribution is -1.99. The summed E-state index contributed by atoms with van der Waals surface area (Å²) in [6, 6.07) is 0. The predicted molar refractivity (Wildman–Crippen MR) is 74.9 cm³/mol. The van der Waals surface area contributed by atoms with Gasteiger partial charge in [-0.25, -0.2) is 0 Å². The molecule has 0 N–H and O–H groups in total. The third kappa shape index (κ3) is 12.0. The van der Waals surface area contributed by atoms with Crippen molar-refractivity contribution in [2.45, 2.75) is 71.1 Å². The summed E-state index contributed by atoms with van der Waals surface area (Å²) >= 11 is 0. The molecular formula is C15H33N. The van der Waals surface area contributed by atoms with E-state index in [1.54, 1.807) is 0 Å².